The fraction of sp³-hybridized carbons (Fsp3) is 0.286. The molecule has 0 radical (unpaired) electrons. The van der Waals surface area contributed by atoms with E-state index in [0.29, 0.717) is 11.6 Å². The van der Waals surface area contributed by atoms with Gasteiger partial charge in [-0.15, -0.1) is 0 Å². The van der Waals surface area contributed by atoms with Crippen LogP contribution in [0, 0.1) is 0 Å². The van der Waals surface area contributed by atoms with Gasteiger partial charge in [-0.2, -0.15) is 0 Å². The molecule has 2 heterocycles. The van der Waals surface area contributed by atoms with Crippen molar-refractivity contribution >= 4 is 5.82 Å². The molecule has 1 aliphatic heterocycles. The van der Waals surface area contributed by atoms with E-state index >= 15 is 0 Å². The van der Waals surface area contributed by atoms with Gasteiger partial charge in [-0.3, -0.25) is 0 Å². The van der Waals surface area contributed by atoms with Crippen molar-refractivity contribution in [2.24, 2.45) is 0 Å². The van der Waals surface area contributed by atoms with Crippen LogP contribution in [0.25, 0.3) is 0 Å². The van der Waals surface area contributed by atoms with E-state index < -0.39 is 0 Å². The predicted molar refractivity (Wildman–Crippen MR) is 69.3 cm³/mol. The number of hydrogen-bond acceptors (Lipinski definition) is 4. The zero-order chi connectivity index (χ0) is 12.5. The van der Waals surface area contributed by atoms with E-state index in [2.05, 4.69) is 23.0 Å². The lowest BCUT2D eigenvalue weighted by Gasteiger charge is -2.10. The normalized spacial score (nSPS) is 17.3. The summed E-state index contributed by atoms with van der Waals surface area (Å²) >= 11 is 0. The number of rotatable bonds is 2. The van der Waals surface area contributed by atoms with Crippen LogP contribution in [0.1, 0.15) is 30.1 Å². The highest BCUT2D eigenvalue weighted by atomic mass is 16.5. The number of benzene rings is 1. The average Bonchev–Trinajstić information content (AvgIpc) is 2.81. The van der Waals surface area contributed by atoms with Crippen LogP contribution in [0.15, 0.2) is 30.3 Å². The average molecular weight is 241 g/mol. The second-order valence-corrected chi connectivity index (χ2v) is 4.41. The highest BCUT2D eigenvalue weighted by Crippen LogP contribution is 2.35. The number of nitrogens with zero attached hydrogens (tertiary/aromatic N) is 2. The van der Waals surface area contributed by atoms with Gasteiger partial charge in [-0.05, 0) is 18.1 Å². The van der Waals surface area contributed by atoms with Crippen molar-refractivity contribution in [2.45, 2.75) is 25.9 Å². The third-order valence-corrected chi connectivity index (χ3v) is 3.11. The van der Waals surface area contributed by atoms with Gasteiger partial charge in [0, 0.05) is 18.2 Å². The zero-order valence-electron chi connectivity index (χ0n) is 10.3. The van der Waals surface area contributed by atoms with Gasteiger partial charge in [0.25, 0.3) is 0 Å². The first-order chi connectivity index (χ1) is 8.76. The van der Waals surface area contributed by atoms with Crippen LogP contribution in [0.5, 0.6) is 5.75 Å². The van der Waals surface area contributed by atoms with Gasteiger partial charge in [-0.25, -0.2) is 9.97 Å². The Hall–Kier alpha value is -2.10. The summed E-state index contributed by atoms with van der Waals surface area (Å²) in [7, 11) is 0. The van der Waals surface area contributed by atoms with E-state index in [0.717, 1.165) is 24.3 Å². The molecule has 0 bridgehead atoms. The highest BCUT2D eigenvalue weighted by molar-refractivity contribution is 5.39. The number of anilines is 1. The number of nitrogen functional groups attached to an aromatic ring is 1. The van der Waals surface area contributed by atoms with Crippen molar-refractivity contribution in [3.05, 3.63) is 47.4 Å². The van der Waals surface area contributed by atoms with E-state index in [4.69, 9.17) is 10.5 Å². The van der Waals surface area contributed by atoms with E-state index in [1.807, 2.05) is 24.3 Å². The first kappa shape index (κ1) is 11.0. The van der Waals surface area contributed by atoms with Crippen molar-refractivity contribution in [3.8, 4) is 5.75 Å². The van der Waals surface area contributed by atoms with Gasteiger partial charge < -0.3 is 10.5 Å². The van der Waals surface area contributed by atoms with Gasteiger partial charge in [-0.1, -0.05) is 25.1 Å². The summed E-state index contributed by atoms with van der Waals surface area (Å²) in [5.41, 5.74) is 7.96. The lowest BCUT2D eigenvalue weighted by molar-refractivity contribution is 0.227. The minimum absolute atomic E-state index is 0.115. The Bertz CT molecular complexity index is 558. The summed E-state index contributed by atoms with van der Waals surface area (Å²) in [6.07, 6.45) is 1.54. The summed E-state index contributed by atoms with van der Waals surface area (Å²) in [4.78, 5) is 8.79. The van der Waals surface area contributed by atoms with Crippen LogP contribution in [-0.4, -0.2) is 9.97 Å². The number of aromatic nitrogens is 2. The molecule has 2 aromatic rings. The van der Waals surface area contributed by atoms with Crippen molar-refractivity contribution in [2.75, 3.05) is 5.73 Å². The molecular weight excluding hydrogens is 226 g/mol. The number of ether oxygens (including phenoxy) is 1. The maximum absolute atomic E-state index is 5.87. The van der Waals surface area contributed by atoms with Gasteiger partial charge in [0.2, 0.25) is 0 Å². The molecule has 0 aliphatic carbocycles. The van der Waals surface area contributed by atoms with Gasteiger partial charge in [0.15, 0.2) is 11.9 Å². The maximum Gasteiger partial charge on any atom is 0.172 e. The molecule has 0 spiro atoms. The Labute approximate surface area is 106 Å². The van der Waals surface area contributed by atoms with Crippen LogP contribution in [0.3, 0.4) is 0 Å². The lowest BCUT2D eigenvalue weighted by Crippen LogP contribution is -2.11. The summed E-state index contributed by atoms with van der Waals surface area (Å²) in [5.74, 6) is 2.12. The molecule has 3 rings (SSSR count). The minimum atomic E-state index is -0.115. The first-order valence-electron chi connectivity index (χ1n) is 6.14. The Morgan fingerprint density at radius 1 is 1.33 bits per heavy atom. The van der Waals surface area contributed by atoms with Crippen LogP contribution in [-0.2, 0) is 12.8 Å². The van der Waals surface area contributed by atoms with E-state index in [1.54, 1.807) is 0 Å². The molecule has 0 fully saturated rings. The highest BCUT2D eigenvalue weighted by Gasteiger charge is 2.26. The largest absolute Gasteiger partial charge is 0.482 e. The number of nitrogens with two attached hydrogens (primary N) is 1. The Morgan fingerprint density at radius 3 is 2.94 bits per heavy atom. The molecule has 1 aliphatic rings. The number of hydrogen-bond donors (Lipinski definition) is 1. The quantitative estimate of drug-likeness (QED) is 0.876. The number of aryl methyl sites for hydroxylation is 1. The van der Waals surface area contributed by atoms with E-state index in [-0.39, 0.29) is 6.10 Å². The monoisotopic (exact) mass is 241 g/mol. The molecule has 0 saturated carbocycles. The molecule has 4 heteroatoms. The summed E-state index contributed by atoms with van der Waals surface area (Å²) in [6, 6.07) is 9.84. The summed E-state index contributed by atoms with van der Waals surface area (Å²) in [5, 5.41) is 0. The van der Waals surface area contributed by atoms with Crippen molar-refractivity contribution in [1.82, 2.24) is 9.97 Å². The summed E-state index contributed by atoms with van der Waals surface area (Å²) in [6.45, 7) is 2.05. The molecular formula is C14H15N3O. The standard InChI is InChI=1S/C14H15N3O/c1-2-10-8-13(15)17-14(16-10)12-7-9-5-3-4-6-11(9)18-12/h3-6,8,12H,2,7H2,1H3,(H2,15,16,17). The zero-order valence-corrected chi connectivity index (χ0v) is 10.3. The predicted octanol–water partition coefficient (Wildman–Crippen LogP) is 2.30. The third kappa shape index (κ3) is 1.90. The number of fused-ring (bicyclic) bond motifs is 1. The lowest BCUT2D eigenvalue weighted by atomic mass is 10.1. The van der Waals surface area contributed by atoms with E-state index in [9.17, 15) is 0 Å². The molecule has 2 N–H and O–H groups in total. The summed E-state index contributed by atoms with van der Waals surface area (Å²) < 4.78 is 5.87. The molecule has 92 valence electrons. The molecule has 18 heavy (non-hydrogen) atoms. The van der Waals surface area contributed by atoms with Crippen molar-refractivity contribution in [3.63, 3.8) is 0 Å². The second kappa shape index (κ2) is 4.29. The SMILES string of the molecule is CCc1cc(N)nc(C2Cc3ccccc3O2)n1. The third-order valence-electron chi connectivity index (χ3n) is 3.11. The molecule has 0 saturated heterocycles. The molecule has 0 amide bonds. The van der Waals surface area contributed by atoms with Gasteiger partial charge >= 0.3 is 0 Å². The van der Waals surface area contributed by atoms with Gasteiger partial charge in [0.1, 0.15) is 11.6 Å². The fourth-order valence-corrected chi connectivity index (χ4v) is 2.19. The Kier molecular flexibility index (Phi) is 2.63. The smallest absolute Gasteiger partial charge is 0.172 e. The molecule has 1 atom stereocenters. The molecule has 1 aromatic carbocycles. The Morgan fingerprint density at radius 2 is 2.17 bits per heavy atom. The second-order valence-electron chi connectivity index (χ2n) is 4.41. The van der Waals surface area contributed by atoms with Crippen LogP contribution < -0.4 is 10.5 Å². The van der Waals surface area contributed by atoms with Gasteiger partial charge in [0.05, 0.1) is 0 Å². The van der Waals surface area contributed by atoms with Crippen LogP contribution in [0.4, 0.5) is 5.82 Å². The number of para-hydroxylation sites is 1. The first-order valence-corrected chi connectivity index (χ1v) is 6.14. The van der Waals surface area contributed by atoms with E-state index in [1.165, 1.54) is 5.56 Å². The molecule has 1 unspecified atom stereocenters. The minimum Gasteiger partial charge on any atom is -0.482 e. The molecule has 4 nitrogen and oxygen atoms in total. The topological polar surface area (TPSA) is 61.0 Å². The van der Waals surface area contributed by atoms with Crippen LogP contribution >= 0.6 is 0 Å². The van der Waals surface area contributed by atoms with Crippen molar-refractivity contribution < 1.29 is 4.74 Å². The van der Waals surface area contributed by atoms with Crippen molar-refractivity contribution in [1.29, 1.82) is 0 Å². The maximum atomic E-state index is 5.87. The molecule has 1 aromatic heterocycles. The van der Waals surface area contributed by atoms with Crippen LogP contribution in [0.2, 0.25) is 0 Å². The fourth-order valence-electron chi connectivity index (χ4n) is 2.19. The Balaban J connectivity index is 1.92.